The van der Waals surface area contributed by atoms with Crippen molar-refractivity contribution >= 4 is 39.8 Å². The first-order chi connectivity index (χ1) is 15.5. The van der Waals surface area contributed by atoms with Crippen LogP contribution in [0, 0.1) is 10.1 Å². The van der Waals surface area contributed by atoms with Crippen LogP contribution in [0.5, 0.6) is 0 Å². The summed E-state index contributed by atoms with van der Waals surface area (Å²) in [4.78, 5) is 39.5. The minimum atomic E-state index is -0.901. The Balaban J connectivity index is 1.50. The van der Waals surface area contributed by atoms with Crippen LogP contribution in [0.25, 0.3) is 10.9 Å². The number of aromatic nitrogens is 1. The number of hydrogen-bond donors (Lipinski definition) is 2. The van der Waals surface area contributed by atoms with Gasteiger partial charge in [-0.15, -0.1) is 11.3 Å². The fourth-order valence-corrected chi connectivity index (χ4v) is 3.95. The molecule has 1 amide bonds. The van der Waals surface area contributed by atoms with Gasteiger partial charge in [-0.1, -0.05) is 24.3 Å². The molecule has 0 aliphatic heterocycles. The molecular formula is C23H19N3O5S. The number of nitro groups is 1. The Labute approximate surface area is 187 Å². The van der Waals surface area contributed by atoms with Gasteiger partial charge in [0.2, 0.25) is 0 Å². The van der Waals surface area contributed by atoms with Crippen LogP contribution in [-0.2, 0) is 22.6 Å². The van der Waals surface area contributed by atoms with Crippen LogP contribution in [0.1, 0.15) is 20.8 Å². The first kappa shape index (κ1) is 21.3. The van der Waals surface area contributed by atoms with E-state index in [0.717, 1.165) is 16.5 Å². The summed E-state index contributed by atoms with van der Waals surface area (Å²) in [6.45, 7) is -0.0594. The molecule has 2 aromatic heterocycles. The van der Waals surface area contributed by atoms with Crippen molar-refractivity contribution in [2.75, 3.05) is 0 Å². The molecule has 8 nitrogen and oxygen atoms in total. The Bertz CT molecular complexity index is 1250. The molecule has 2 N–H and O–H groups in total. The highest BCUT2D eigenvalue weighted by Crippen LogP contribution is 2.20. The lowest BCUT2D eigenvalue weighted by Gasteiger charge is -2.17. The molecule has 0 fully saturated rings. The first-order valence-corrected chi connectivity index (χ1v) is 10.7. The van der Waals surface area contributed by atoms with Crippen molar-refractivity contribution in [1.29, 1.82) is 0 Å². The lowest BCUT2D eigenvalue weighted by Crippen LogP contribution is -2.43. The number of carbonyl (C=O) groups is 2. The second-order valence-corrected chi connectivity index (χ2v) is 8.05. The van der Waals surface area contributed by atoms with Gasteiger partial charge in [0.1, 0.15) is 12.6 Å². The predicted octanol–water partition coefficient (Wildman–Crippen LogP) is 4.22. The van der Waals surface area contributed by atoms with Crippen LogP contribution >= 0.6 is 11.3 Å². The number of non-ortho nitro benzene ring substituents is 1. The van der Waals surface area contributed by atoms with E-state index in [1.54, 1.807) is 17.5 Å². The summed E-state index contributed by atoms with van der Waals surface area (Å²) in [6, 6.07) is 16.0. The molecule has 0 radical (unpaired) electrons. The van der Waals surface area contributed by atoms with Gasteiger partial charge in [-0.3, -0.25) is 14.9 Å². The highest BCUT2D eigenvalue weighted by atomic mass is 32.1. The number of nitrogens with one attached hydrogen (secondary N) is 2. The molecule has 0 spiro atoms. The molecule has 4 rings (SSSR count). The van der Waals surface area contributed by atoms with Gasteiger partial charge in [0, 0.05) is 35.7 Å². The second kappa shape index (κ2) is 9.44. The summed E-state index contributed by atoms with van der Waals surface area (Å²) in [5.41, 5.74) is 2.38. The highest BCUT2D eigenvalue weighted by molar-refractivity contribution is 7.12. The van der Waals surface area contributed by atoms with Gasteiger partial charge in [0.15, 0.2) is 0 Å². The Morgan fingerprint density at radius 1 is 1.09 bits per heavy atom. The summed E-state index contributed by atoms with van der Waals surface area (Å²) in [5.74, 6) is -0.935. The largest absolute Gasteiger partial charge is 0.459 e. The van der Waals surface area contributed by atoms with E-state index in [-0.39, 0.29) is 24.6 Å². The van der Waals surface area contributed by atoms with Crippen LogP contribution < -0.4 is 5.32 Å². The van der Waals surface area contributed by atoms with Crippen LogP contribution in [0.2, 0.25) is 0 Å². The third kappa shape index (κ3) is 4.84. The predicted molar refractivity (Wildman–Crippen MR) is 120 cm³/mol. The van der Waals surface area contributed by atoms with E-state index in [4.69, 9.17) is 4.74 Å². The molecule has 0 aliphatic rings. The Morgan fingerprint density at radius 2 is 1.88 bits per heavy atom. The molecule has 1 unspecified atom stereocenters. The molecule has 32 heavy (non-hydrogen) atoms. The molecule has 0 saturated heterocycles. The molecule has 1 atom stereocenters. The van der Waals surface area contributed by atoms with E-state index in [1.165, 1.54) is 35.6 Å². The number of esters is 1. The van der Waals surface area contributed by atoms with Crippen molar-refractivity contribution in [2.45, 2.75) is 19.1 Å². The molecule has 4 aromatic rings. The van der Waals surface area contributed by atoms with Gasteiger partial charge in [0.25, 0.3) is 11.6 Å². The number of hydrogen-bond acceptors (Lipinski definition) is 6. The minimum absolute atomic E-state index is 0.0412. The number of aromatic amines is 1. The molecular weight excluding hydrogens is 430 g/mol. The fourth-order valence-electron chi connectivity index (χ4n) is 3.32. The third-order valence-electron chi connectivity index (χ3n) is 4.96. The molecule has 0 aliphatic carbocycles. The maximum atomic E-state index is 12.9. The number of rotatable bonds is 8. The number of benzene rings is 2. The summed E-state index contributed by atoms with van der Waals surface area (Å²) in [7, 11) is 0. The van der Waals surface area contributed by atoms with Crippen LogP contribution in [0.4, 0.5) is 5.69 Å². The number of nitrogens with zero attached hydrogens (tertiary/aromatic N) is 1. The lowest BCUT2D eigenvalue weighted by atomic mass is 10.0. The summed E-state index contributed by atoms with van der Waals surface area (Å²) in [5, 5.41) is 16.3. The number of carbonyl (C=O) groups excluding carboxylic acids is 2. The number of amides is 1. The SMILES string of the molecule is O=C(NC(Cc1c[nH]c2ccccc12)C(=O)OCc1ccc([N+](=O)[O-])cc1)c1cccs1. The zero-order chi connectivity index (χ0) is 22.5. The van der Waals surface area contributed by atoms with Gasteiger partial charge < -0.3 is 15.0 Å². The lowest BCUT2D eigenvalue weighted by molar-refractivity contribution is -0.384. The van der Waals surface area contributed by atoms with E-state index in [9.17, 15) is 19.7 Å². The Kier molecular flexibility index (Phi) is 6.27. The van der Waals surface area contributed by atoms with E-state index in [2.05, 4.69) is 10.3 Å². The number of thiophene rings is 1. The average molecular weight is 449 g/mol. The average Bonchev–Trinajstić information content (AvgIpc) is 3.48. The molecule has 2 aromatic carbocycles. The van der Waals surface area contributed by atoms with E-state index in [0.29, 0.717) is 10.4 Å². The van der Waals surface area contributed by atoms with Crippen LogP contribution in [0.15, 0.2) is 72.2 Å². The van der Waals surface area contributed by atoms with Crippen molar-refractivity contribution in [2.24, 2.45) is 0 Å². The molecule has 162 valence electrons. The van der Waals surface area contributed by atoms with Crippen LogP contribution in [0.3, 0.4) is 0 Å². The first-order valence-electron chi connectivity index (χ1n) is 9.80. The number of ether oxygens (including phenoxy) is 1. The van der Waals surface area contributed by atoms with Crippen molar-refractivity contribution in [3.8, 4) is 0 Å². The van der Waals surface area contributed by atoms with Gasteiger partial charge in [-0.2, -0.15) is 0 Å². The van der Waals surface area contributed by atoms with E-state index in [1.807, 2.05) is 30.5 Å². The van der Waals surface area contributed by atoms with Crippen molar-refractivity contribution < 1.29 is 19.2 Å². The summed E-state index contributed by atoms with van der Waals surface area (Å²) >= 11 is 1.28. The maximum absolute atomic E-state index is 12.9. The van der Waals surface area contributed by atoms with Crippen molar-refractivity contribution in [3.05, 3.63) is 98.4 Å². The highest BCUT2D eigenvalue weighted by Gasteiger charge is 2.25. The Hall–Kier alpha value is -3.98. The smallest absolute Gasteiger partial charge is 0.329 e. The molecule has 0 saturated carbocycles. The number of nitro benzene ring substituents is 1. The zero-order valence-electron chi connectivity index (χ0n) is 16.8. The molecule has 9 heteroatoms. The zero-order valence-corrected chi connectivity index (χ0v) is 17.6. The molecule has 0 bridgehead atoms. The number of para-hydroxylation sites is 1. The standard InChI is InChI=1S/C23H19N3O5S/c27-22(21-6-3-11-32-21)25-20(12-16-13-24-19-5-2-1-4-18(16)19)23(28)31-14-15-7-9-17(10-8-15)26(29)30/h1-11,13,20,24H,12,14H2,(H,25,27). The monoisotopic (exact) mass is 449 g/mol. The maximum Gasteiger partial charge on any atom is 0.329 e. The summed E-state index contributed by atoms with van der Waals surface area (Å²) < 4.78 is 5.44. The van der Waals surface area contributed by atoms with Crippen LogP contribution in [-0.4, -0.2) is 27.8 Å². The quantitative estimate of drug-likeness (QED) is 0.237. The van der Waals surface area contributed by atoms with E-state index < -0.39 is 16.9 Å². The number of fused-ring (bicyclic) bond motifs is 1. The second-order valence-electron chi connectivity index (χ2n) is 7.10. The summed E-state index contributed by atoms with van der Waals surface area (Å²) in [6.07, 6.45) is 2.07. The minimum Gasteiger partial charge on any atom is -0.459 e. The van der Waals surface area contributed by atoms with Gasteiger partial charge in [-0.05, 0) is 40.8 Å². The van der Waals surface area contributed by atoms with Crippen molar-refractivity contribution in [1.82, 2.24) is 10.3 Å². The van der Waals surface area contributed by atoms with Gasteiger partial charge >= 0.3 is 5.97 Å². The third-order valence-corrected chi connectivity index (χ3v) is 5.83. The fraction of sp³-hybridized carbons (Fsp3) is 0.130. The topological polar surface area (TPSA) is 114 Å². The normalized spacial score (nSPS) is 11.8. The van der Waals surface area contributed by atoms with Gasteiger partial charge in [-0.25, -0.2) is 4.79 Å². The van der Waals surface area contributed by atoms with Gasteiger partial charge in [0.05, 0.1) is 9.80 Å². The number of H-pyrrole nitrogens is 1. The van der Waals surface area contributed by atoms with Crippen molar-refractivity contribution in [3.63, 3.8) is 0 Å². The molecule has 2 heterocycles. The Morgan fingerprint density at radius 3 is 2.59 bits per heavy atom. The van der Waals surface area contributed by atoms with E-state index >= 15 is 0 Å².